The van der Waals surface area contributed by atoms with Crippen LogP contribution in [0, 0.1) is 3.57 Å². The first-order valence-electron chi connectivity index (χ1n) is 6.02. The highest BCUT2D eigenvalue weighted by Crippen LogP contribution is 2.34. The van der Waals surface area contributed by atoms with Gasteiger partial charge >= 0.3 is 0 Å². The third-order valence-corrected chi connectivity index (χ3v) is 4.25. The first-order valence-corrected chi connectivity index (χ1v) is 7.10. The van der Waals surface area contributed by atoms with Crippen LogP contribution in [0.1, 0.15) is 6.23 Å². The summed E-state index contributed by atoms with van der Waals surface area (Å²) >= 11 is 2.11. The summed E-state index contributed by atoms with van der Waals surface area (Å²) in [4.78, 5) is 8.13. The van der Waals surface area contributed by atoms with E-state index >= 15 is 0 Å². The molecule has 0 saturated carbocycles. The second-order valence-corrected chi connectivity index (χ2v) is 5.79. The fraction of sp³-hybridized carbons (Fsp3) is 0.455. The number of hydrogen-bond acceptors (Lipinski definition) is 7. The van der Waals surface area contributed by atoms with E-state index in [2.05, 4.69) is 32.6 Å². The van der Waals surface area contributed by atoms with Gasteiger partial charge in [-0.3, -0.25) is 0 Å². The van der Waals surface area contributed by atoms with Crippen LogP contribution in [0.4, 0.5) is 5.82 Å². The van der Waals surface area contributed by atoms with Gasteiger partial charge in [-0.2, -0.15) is 0 Å². The van der Waals surface area contributed by atoms with Crippen LogP contribution >= 0.6 is 22.6 Å². The highest BCUT2D eigenvalue weighted by Gasteiger charge is 2.43. The molecular formula is C11H14IN5O3. The van der Waals surface area contributed by atoms with Gasteiger partial charge in [-0.05, 0) is 22.6 Å². The molecule has 0 bridgehead atoms. The zero-order valence-electron chi connectivity index (χ0n) is 10.3. The molecule has 0 aromatic carbocycles. The first kappa shape index (κ1) is 13.9. The van der Waals surface area contributed by atoms with E-state index in [-0.39, 0.29) is 6.54 Å². The van der Waals surface area contributed by atoms with Crippen LogP contribution in [0.5, 0.6) is 0 Å². The molecule has 108 valence electrons. The summed E-state index contributed by atoms with van der Waals surface area (Å²) in [6, 6.07) is 0. The maximum Gasteiger partial charge on any atom is 0.164 e. The maximum atomic E-state index is 10.1. The lowest BCUT2D eigenvalue weighted by molar-refractivity contribution is -0.0319. The Morgan fingerprint density at radius 3 is 2.75 bits per heavy atom. The van der Waals surface area contributed by atoms with Gasteiger partial charge in [0, 0.05) is 16.3 Å². The summed E-state index contributed by atoms with van der Waals surface area (Å²) in [7, 11) is 0. The normalized spacial score (nSPS) is 30.2. The number of nitrogens with two attached hydrogens (primary N) is 2. The summed E-state index contributed by atoms with van der Waals surface area (Å²) in [5.74, 6) is 0.363. The van der Waals surface area contributed by atoms with Crippen molar-refractivity contribution >= 4 is 39.4 Å². The first-order chi connectivity index (χ1) is 9.54. The molecular weight excluding hydrogens is 377 g/mol. The Balaban J connectivity index is 2.10. The zero-order valence-corrected chi connectivity index (χ0v) is 12.5. The Kier molecular flexibility index (Phi) is 3.54. The molecule has 6 N–H and O–H groups in total. The van der Waals surface area contributed by atoms with Crippen molar-refractivity contribution in [1.29, 1.82) is 0 Å². The molecule has 0 radical (unpaired) electrons. The van der Waals surface area contributed by atoms with Gasteiger partial charge in [-0.15, -0.1) is 0 Å². The Hall–Kier alpha value is -1.01. The SMILES string of the molecule is NC[C@@H]1O[C@@H](n2cc(I)c3c(N)ncnc32)[C@H](O)[C@@H]1O. The van der Waals surface area contributed by atoms with Gasteiger partial charge in [0.25, 0.3) is 0 Å². The number of hydrogen-bond donors (Lipinski definition) is 4. The third kappa shape index (κ3) is 1.97. The number of ether oxygens (including phenoxy) is 1. The largest absolute Gasteiger partial charge is 0.387 e. The highest BCUT2D eigenvalue weighted by atomic mass is 127. The molecule has 3 rings (SSSR count). The maximum absolute atomic E-state index is 10.1. The molecule has 4 atom stereocenters. The second kappa shape index (κ2) is 5.07. The summed E-state index contributed by atoms with van der Waals surface area (Å²) in [5, 5.41) is 20.7. The second-order valence-electron chi connectivity index (χ2n) is 4.62. The van der Waals surface area contributed by atoms with Crippen LogP contribution in [0.2, 0.25) is 0 Å². The van der Waals surface area contributed by atoms with E-state index in [1.165, 1.54) is 6.33 Å². The summed E-state index contributed by atoms with van der Waals surface area (Å²) in [6.45, 7) is 0.127. The van der Waals surface area contributed by atoms with Gasteiger partial charge in [0.15, 0.2) is 6.23 Å². The molecule has 1 aliphatic heterocycles. The van der Waals surface area contributed by atoms with Crippen molar-refractivity contribution in [2.45, 2.75) is 24.5 Å². The van der Waals surface area contributed by atoms with Gasteiger partial charge in [-0.1, -0.05) is 0 Å². The molecule has 0 spiro atoms. The molecule has 2 aromatic heterocycles. The number of rotatable bonds is 2. The molecule has 1 aliphatic rings. The van der Waals surface area contributed by atoms with Crippen LogP contribution in [-0.2, 0) is 4.74 Å². The standard InChI is InChI=1S/C11H14IN5O3/c12-4-2-17(10-6(4)9(14)15-3-16-10)11-8(19)7(18)5(1-13)20-11/h2-3,5,7-8,11,18-19H,1,13H2,(H2,14,15,16)/t5-,7+,8+,11+/m0/s1. The molecule has 8 nitrogen and oxygen atoms in total. The van der Waals surface area contributed by atoms with Gasteiger partial charge in [0.05, 0.1) is 5.39 Å². The van der Waals surface area contributed by atoms with Crippen LogP contribution in [0.25, 0.3) is 11.0 Å². The number of nitrogen functional groups attached to an aromatic ring is 1. The van der Waals surface area contributed by atoms with E-state index in [1.807, 2.05) is 0 Å². The van der Waals surface area contributed by atoms with Gasteiger partial charge < -0.3 is 31.0 Å². The number of anilines is 1. The average Bonchev–Trinajstić information content (AvgIpc) is 2.90. The number of halogens is 1. The summed E-state index contributed by atoms with van der Waals surface area (Å²) in [5.41, 5.74) is 11.9. The quantitative estimate of drug-likeness (QED) is 0.493. The van der Waals surface area contributed by atoms with E-state index in [0.717, 1.165) is 3.57 Å². The monoisotopic (exact) mass is 391 g/mol. The van der Waals surface area contributed by atoms with Crippen molar-refractivity contribution in [1.82, 2.24) is 14.5 Å². The van der Waals surface area contributed by atoms with Crippen LogP contribution in [-0.4, -0.2) is 49.6 Å². The van der Waals surface area contributed by atoms with Crippen molar-refractivity contribution in [3.63, 3.8) is 0 Å². The lowest BCUT2D eigenvalue weighted by Crippen LogP contribution is -2.35. The molecule has 0 aliphatic carbocycles. The van der Waals surface area contributed by atoms with Crippen LogP contribution in [0.15, 0.2) is 12.5 Å². The van der Waals surface area contributed by atoms with Crippen molar-refractivity contribution in [3.8, 4) is 0 Å². The van der Waals surface area contributed by atoms with Crippen molar-refractivity contribution in [2.24, 2.45) is 5.73 Å². The number of nitrogens with zero attached hydrogens (tertiary/aromatic N) is 3. The Bertz CT molecular complexity index is 648. The average molecular weight is 391 g/mol. The summed E-state index contributed by atoms with van der Waals surface area (Å²) < 4.78 is 8.11. The Labute approximate surface area is 127 Å². The van der Waals surface area contributed by atoms with Gasteiger partial charge in [-0.25, -0.2) is 9.97 Å². The topological polar surface area (TPSA) is 132 Å². The highest BCUT2D eigenvalue weighted by molar-refractivity contribution is 14.1. The number of aliphatic hydroxyl groups is 2. The van der Waals surface area contributed by atoms with Crippen molar-refractivity contribution in [2.75, 3.05) is 12.3 Å². The molecule has 9 heteroatoms. The third-order valence-electron chi connectivity index (χ3n) is 3.44. The van der Waals surface area contributed by atoms with E-state index in [4.69, 9.17) is 16.2 Å². The fourth-order valence-electron chi connectivity index (χ4n) is 2.41. The molecule has 20 heavy (non-hydrogen) atoms. The van der Waals surface area contributed by atoms with E-state index in [1.54, 1.807) is 10.8 Å². The predicted octanol–water partition coefficient (Wildman–Crippen LogP) is -0.804. The molecule has 1 fully saturated rings. The number of aromatic nitrogens is 3. The smallest absolute Gasteiger partial charge is 0.164 e. The molecule has 0 amide bonds. The minimum atomic E-state index is -1.08. The molecule has 3 heterocycles. The minimum absolute atomic E-state index is 0.127. The Morgan fingerprint density at radius 2 is 2.10 bits per heavy atom. The molecule has 2 aromatic rings. The van der Waals surface area contributed by atoms with Gasteiger partial charge in [0.1, 0.15) is 36.1 Å². The predicted molar refractivity (Wildman–Crippen MR) is 79.6 cm³/mol. The van der Waals surface area contributed by atoms with Crippen LogP contribution < -0.4 is 11.5 Å². The fourth-order valence-corrected chi connectivity index (χ4v) is 3.23. The van der Waals surface area contributed by atoms with E-state index < -0.39 is 24.5 Å². The van der Waals surface area contributed by atoms with E-state index in [9.17, 15) is 10.2 Å². The minimum Gasteiger partial charge on any atom is -0.387 e. The summed E-state index contributed by atoms with van der Waals surface area (Å²) in [6.07, 6.45) is -0.355. The van der Waals surface area contributed by atoms with E-state index in [0.29, 0.717) is 16.9 Å². The van der Waals surface area contributed by atoms with Crippen molar-refractivity contribution in [3.05, 3.63) is 16.1 Å². The molecule has 1 saturated heterocycles. The number of fused-ring (bicyclic) bond motifs is 1. The Morgan fingerprint density at radius 1 is 1.35 bits per heavy atom. The van der Waals surface area contributed by atoms with Crippen LogP contribution in [0.3, 0.4) is 0 Å². The lowest BCUT2D eigenvalue weighted by Gasteiger charge is -2.17. The lowest BCUT2D eigenvalue weighted by atomic mass is 10.1. The van der Waals surface area contributed by atoms with Crippen molar-refractivity contribution < 1.29 is 14.9 Å². The molecule has 0 unspecified atom stereocenters. The number of aliphatic hydroxyl groups excluding tert-OH is 2. The van der Waals surface area contributed by atoms with Gasteiger partial charge in [0.2, 0.25) is 0 Å². The zero-order chi connectivity index (χ0) is 14.4.